The van der Waals surface area contributed by atoms with Crippen LogP contribution < -0.4 is 10.1 Å². The quantitative estimate of drug-likeness (QED) is 0.831. The van der Waals surface area contributed by atoms with Crippen LogP contribution in [0, 0.1) is 5.41 Å². The molecular formula is C15H17NO3. The van der Waals surface area contributed by atoms with Crippen LogP contribution in [0.3, 0.4) is 0 Å². The van der Waals surface area contributed by atoms with Gasteiger partial charge in [-0.1, -0.05) is 19.8 Å². The number of nitrogens with one attached hydrogen (secondary N) is 1. The Kier molecular flexibility index (Phi) is 2.81. The Bertz CT molecular complexity index is 544. The van der Waals surface area contributed by atoms with Crippen molar-refractivity contribution in [1.29, 1.82) is 0 Å². The van der Waals surface area contributed by atoms with E-state index in [1.54, 1.807) is 18.2 Å². The van der Waals surface area contributed by atoms with Crippen molar-refractivity contribution < 1.29 is 14.3 Å². The first kappa shape index (κ1) is 12.2. The zero-order valence-corrected chi connectivity index (χ0v) is 11.0. The molecule has 1 amide bonds. The average molecular weight is 259 g/mol. The number of ketones is 1. The molecule has 0 saturated heterocycles. The summed E-state index contributed by atoms with van der Waals surface area (Å²) in [6.07, 6.45) is 4.14. The van der Waals surface area contributed by atoms with Crippen LogP contribution in [0.5, 0.6) is 5.75 Å². The van der Waals surface area contributed by atoms with Crippen molar-refractivity contribution in [1.82, 2.24) is 0 Å². The molecule has 100 valence electrons. The molecule has 1 aliphatic carbocycles. The van der Waals surface area contributed by atoms with Crippen LogP contribution >= 0.6 is 0 Å². The highest BCUT2D eigenvalue weighted by Gasteiger charge is 2.37. The summed E-state index contributed by atoms with van der Waals surface area (Å²) in [7, 11) is 0. The third-order valence-corrected chi connectivity index (χ3v) is 4.13. The number of anilines is 1. The summed E-state index contributed by atoms with van der Waals surface area (Å²) in [4.78, 5) is 23.9. The normalized spacial score (nSPS) is 20.4. The van der Waals surface area contributed by atoms with Crippen LogP contribution in [0.4, 0.5) is 5.69 Å². The number of hydrogen-bond donors (Lipinski definition) is 1. The maximum atomic E-state index is 12.6. The number of rotatable bonds is 2. The van der Waals surface area contributed by atoms with Crippen LogP contribution in [0.2, 0.25) is 0 Å². The predicted molar refractivity (Wildman–Crippen MR) is 71.5 cm³/mol. The van der Waals surface area contributed by atoms with Gasteiger partial charge in [0.2, 0.25) is 0 Å². The molecule has 3 rings (SSSR count). The van der Waals surface area contributed by atoms with Crippen molar-refractivity contribution in [3.05, 3.63) is 23.8 Å². The maximum absolute atomic E-state index is 12.6. The summed E-state index contributed by atoms with van der Waals surface area (Å²) in [6.45, 7) is 2.08. The third-order valence-electron chi connectivity index (χ3n) is 4.13. The Balaban J connectivity index is 1.91. The number of benzene rings is 1. The number of carbonyl (C=O) groups is 2. The van der Waals surface area contributed by atoms with Gasteiger partial charge < -0.3 is 10.1 Å². The van der Waals surface area contributed by atoms with Gasteiger partial charge >= 0.3 is 0 Å². The van der Waals surface area contributed by atoms with Crippen molar-refractivity contribution in [2.45, 2.75) is 32.6 Å². The van der Waals surface area contributed by atoms with Gasteiger partial charge in [0.1, 0.15) is 5.75 Å². The summed E-state index contributed by atoms with van der Waals surface area (Å²) in [5.74, 6) is 0.629. The molecule has 19 heavy (non-hydrogen) atoms. The molecule has 1 N–H and O–H groups in total. The smallest absolute Gasteiger partial charge is 0.262 e. The standard InChI is InChI=1S/C15H17NO3/c1-15(6-2-3-7-15)14(18)10-4-5-12-11(8-10)16-13(17)9-19-12/h4-5,8H,2-3,6-7,9H2,1H3,(H,16,17). The van der Waals surface area contributed by atoms with E-state index in [2.05, 4.69) is 5.32 Å². The maximum Gasteiger partial charge on any atom is 0.262 e. The first-order valence-corrected chi connectivity index (χ1v) is 6.70. The zero-order valence-electron chi connectivity index (χ0n) is 11.0. The monoisotopic (exact) mass is 259 g/mol. The topological polar surface area (TPSA) is 55.4 Å². The number of fused-ring (bicyclic) bond motifs is 1. The lowest BCUT2D eigenvalue weighted by molar-refractivity contribution is -0.118. The molecule has 1 aromatic carbocycles. The minimum atomic E-state index is -0.242. The van der Waals surface area contributed by atoms with E-state index in [-0.39, 0.29) is 23.7 Å². The molecule has 2 aliphatic rings. The van der Waals surface area contributed by atoms with E-state index in [0.29, 0.717) is 17.0 Å². The Morgan fingerprint density at radius 3 is 2.79 bits per heavy atom. The summed E-state index contributed by atoms with van der Waals surface area (Å²) in [5.41, 5.74) is 1.02. The van der Waals surface area contributed by atoms with Crippen LogP contribution in [-0.2, 0) is 4.79 Å². The van der Waals surface area contributed by atoms with E-state index in [4.69, 9.17) is 4.74 Å². The summed E-state index contributed by atoms with van der Waals surface area (Å²) < 4.78 is 5.30. The second-order valence-electron chi connectivity index (χ2n) is 5.64. The molecule has 1 saturated carbocycles. The molecule has 1 fully saturated rings. The van der Waals surface area contributed by atoms with Gasteiger partial charge in [-0.25, -0.2) is 0 Å². The average Bonchev–Trinajstić information content (AvgIpc) is 2.85. The fourth-order valence-corrected chi connectivity index (χ4v) is 2.96. The second-order valence-corrected chi connectivity index (χ2v) is 5.64. The first-order valence-electron chi connectivity index (χ1n) is 6.70. The minimum absolute atomic E-state index is 0.0397. The van der Waals surface area contributed by atoms with E-state index in [1.807, 2.05) is 6.92 Å². The number of amides is 1. The molecule has 0 unspecified atom stereocenters. The molecule has 4 nitrogen and oxygen atoms in total. The van der Waals surface area contributed by atoms with Crippen LogP contribution in [0.1, 0.15) is 43.0 Å². The zero-order chi connectivity index (χ0) is 13.5. The van der Waals surface area contributed by atoms with E-state index >= 15 is 0 Å². The van der Waals surface area contributed by atoms with E-state index < -0.39 is 0 Å². The lowest BCUT2D eigenvalue weighted by Gasteiger charge is -2.23. The minimum Gasteiger partial charge on any atom is -0.482 e. The van der Waals surface area contributed by atoms with Gasteiger partial charge in [0.05, 0.1) is 5.69 Å². The van der Waals surface area contributed by atoms with Gasteiger partial charge in [-0.15, -0.1) is 0 Å². The largest absolute Gasteiger partial charge is 0.482 e. The number of carbonyl (C=O) groups excluding carboxylic acids is 2. The van der Waals surface area contributed by atoms with Gasteiger partial charge in [0.15, 0.2) is 12.4 Å². The van der Waals surface area contributed by atoms with E-state index in [1.165, 1.54) is 0 Å². The Labute approximate surface area is 112 Å². The van der Waals surface area contributed by atoms with Crippen LogP contribution in [0.25, 0.3) is 0 Å². The highest BCUT2D eigenvalue weighted by molar-refractivity contribution is 6.03. The molecule has 0 aromatic heterocycles. The van der Waals surface area contributed by atoms with Gasteiger partial charge in [-0.2, -0.15) is 0 Å². The summed E-state index contributed by atoms with van der Waals surface area (Å²) in [6, 6.07) is 5.29. The first-order chi connectivity index (χ1) is 9.08. The molecule has 1 aromatic rings. The summed E-state index contributed by atoms with van der Waals surface area (Å²) >= 11 is 0. The van der Waals surface area contributed by atoms with Gasteiger partial charge in [-0.3, -0.25) is 9.59 Å². The van der Waals surface area contributed by atoms with Gasteiger partial charge in [-0.05, 0) is 31.0 Å². The van der Waals surface area contributed by atoms with Crippen molar-refractivity contribution in [3.8, 4) is 5.75 Å². The molecule has 0 bridgehead atoms. The lowest BCUT2D eigenvalue weighted by atomic mass is 9.81. The molecule has 1 heterocycles. The van der Waals surface area contributed by atoms with Crippen molar-refractivity contribution >= 4 is 17.4 Å². The molecule has 1 aliphatic heterocycles. The Hall–Kier alpha value is -1.84. The molecule has 4 heteroatoms. The highest BCUT2D eigenvalue weighted by atomic mass is 16.5. The molecular weight excluding hydrogens is 242 g/mol. The van der Waals surface area contributed by atoms with E-state index in [9.17, 15) is 9.59 Å². The van der Waals surface area contributed by atoms with Crippen LogP contribution in [-0.4, -0.2) is 18.3 Å². The summed E-state index contributed by atoms with van der Waals surface area (Å²) in [5, 5.41) is 2.74. The number of ether oxygens (including phenoxy) is 1. The third kappa shape index (κ3) is 2.11. The molecule has 0 atom stereocenters. The SMILES string of the molecule is CC1(C(=O)c2ccc3c(c2)NC(=O)CO3)CCCC1. The fraction of sp³-hybridized carbons (Fsp3) is 0.467. The lowest BCUT2D eigenvalue weighted by Crippen LogP contribution is -2.27. The molecule has 0 spiro atoms. The Morgan fingerprint density at radius 2 is 2.05 bits per heavy atom. The Morgan fingerprint density at radius 1 is 1.32 bits per heavy atom. The van der Waals surface area contributed by atoms with Gasteiger partial charge in [0, 0.05) is 11.0 Å². The number of Topliss-reactive ketones (excluding diaryl/α,β-unsaturated/α-hetero) is 1. The predicted octanol–water partition coefficient (Wildman–Crippen LogP) is 2.78. The van der Waals surface area contributed by atoms with Crippen molar-refractivity contribution in [2.75, 3.05) is 11.9 Å². The fourth-order valence-electron chi connectivity index (χ4n) is 2.96. The van der Waals surface area contributed by atoms with E-state index in [0.717, 1.165) is 25.7 Å². The second kappa shape index (κ2) is 4.37. The van der Waals surface area contributed by atoms with Gasteiger partial charge in [0.25, 0.3) is 5.91 Å². The van der Waals surface area contributed by atoms with Crippen LogP contribution in [0.15, 0.2) is 18.2 Å². The van der Waals surface area contributed by atoms with Crippen molar-refractivity contribution in [2.24, 2.45) is 5.41 Å². The van der Waals surface area contributed by atoms with Crippen molar-refractivity contribution in [3.63, 3.8) is 0 Å². The highest BCUT2D eigenvalue weighted by Crippen LogP contribution is 2.41. The molecule has 0 radical (unpaired) electrons. The number of hydrogen-bond acceptors (Lipinski definition) is 3.